The van der Waals surface area contributed by atoms with Crippen molar-refractivity contribution in [3.63, 3.8) is 0 Å². The highest BCUT2D eigenvalue weighted by molar-refractivity contribution is 7.87. The fourth-order valence-corrected chi connectivity index (χ4v) is 2.14. The van der Waals surface area contributed by atoms with Gasteiger partial charge < -0.3 is 0 Å². The number of hydrogen-bond donors (Lipinski definition) is 1. The van der Waals surface area contributed by atoms with Crippen LogP contribution in [0.4, 0.5) is 0 Å². The molecule has 0 amide bonds. The van der Waals surface area contributed by atoms with E-state index < -0.39 is 10.2 Å². The van der Waals surface area contributed by atoms with Crippen LogP contribution in [-0.2, 0) is 15.0 Å². The average Bonchev–Trinajstić information content (AvgIpc) is 2.37. The molecule has 1 saturated heterocycles. The van der Waals surface area contributed by atoms with Crippen LogP contribution in [0.3, 0.4) is 0 Å². The lowest BCUT2D eigenvalue weighted by Crippen LogP contribution is -2.38. The molecule has 5 nitrogen and oxygen atoms in total. The lowest BCUT2D eigenvalue weighted by atomic mass is 10.4. The molecule has 1 heterocycles. The first-order chi connectivity index (χ1) is 5.17. The van der Waals surface area contributed by atoms with E-state index >= 15 is 0 Å². The Kier molecular flexibility index (Phi) is 2.83. The number of nitrogens with one attached hydrogen (secondary N) is 1. The number of hydrogen-bond acceptors (Lipinski definition) is 3. The molecule has 0 aromatic carbocycles. The molecule has 0 unspecified atom stereocenters. The summed E-state index contributed by atoms with van der Waals surface area (Å²) in [5.74, 6) is 0. The Balaban J connectivity index is 2.56. The van der Waals surface area contributed by atoms with E-state index in [1.165, 1.54) is 11.4 Å². The van der Waals surface area contributed by atoms with Gasteiger partial charge in [0, 0.05) is 13.1 Å². The first kappa shape index (κ1) is 8.92. The molecule has 0 atom stereocenters. The van der Waals surface area contributed by atoms with Gasteiger partial charge in [-0.25, -0.2) is 0 Å². The zero-order valence-corrected chi connectivity index (χ0v) is 7.23. The third-order valence-corrected chi connectivity index (χ3v) is 3.02. The van der Waals surface area contributed by atoms with Crippen molar-refractivity contribution in [3.05, 3.63) is 0 Å². The second-order valence-corrected chi connectivity index (χ2v) is 4.03. The van der Waals surface area contributed by atoms with Crippen molar-refractivity contribution in [2.45, 2.75) is 12.8 Å². The van der Waals surface area contributed by atoms with Gasteiger partial charge in [-0.15, -0.1) is 0 Å². The largest absolute Gasteiger partial charge is 0.301 e. The molecular formula is C5H12N2O3S. The fourth-order valence-electron chi connectivity index (χ4n) is 1.09. The SMILES string of the molecule is CONS(=O)(=O)N1CCCC1. The molecule has 11 heavy (non-hydrogen) atoms. The maximum absolute atomic E-state index is 11.1. The maximum atomic E-state index is 11.1. The number of rotatable bonds is 3. The molecule has 0 spiro atoms. The van der Waals surface area contributed by atoms with E-state index in [2.05, 4.69) is 4.84 Å². The minimum Gasteiger partial charge on any atom is -0.289 e. The van der Waals surface area contributed by atoms with Crippen LogP contribution in [0.25, 0.3) is 0 Å². The van der Waals surface area contributed by atoms with Gasteiger partial charge in [0.2, 0.25) is 0 Å². The smallest absolute Gasteiger partial charge is 0.289 e. The van der Waals surface area contributed by atoms with Crippen LogP contribution < -0.4 is 4.89 Å². The summed E-state index contributed by atoms with van der Waals surface area (Å²) >= 11 is 0. The molecule has 1 N–H and O–H groups in total. The summed E-state index contributed by atoms with van der Waals surface area (Å²) in [5.41, 5.74) is 0. The lowest BCUT2D eigenvalue weighted by Gasteiger charge is -2.13. The van der Waals surface area contributed by atoms with Crippen molar-refractivity contribution in [1.29, 1.82) is 0 Å². The van der Waals surface area contributed by atoms with Crippen LogP contribution >= 0.6 is 0 Å². The van der Waals surface area contributed by atoms with Gasteiger partial charge in [-0.1, -0.05) is 4.89 Å². The van der Waals surface area contributed by atoms with Crippen LogP contribution in [0.5, 0.6) is 0 Å². The van der Waals surface area contributed by atoms with Crippen LogP contribution in [0, 0.1) is 0 Å². The summed E-state index contributed by atoms with van der Waals surface area (Å²) in [4.78, 5) is 6.30. The molecule has 0 aromatic heterocycles. The van der Waals surface area contributed by atoms with Crippen molar-refractivity contribution < 1.29 is 13.3 Å². The Morgan fingerprint density at radius 1 is 1.36 bits per heavy atom. The maximum Gasteiger partial charge on any atom is 0.301 e. The predicted octanol–water partition coefficient (Wildman–Crippen LogP) is -0.522. The Morgan fingerprint density at radius 2 is 1.91 bits per heavy atom. The van der Waals surface area contributed by atoms with Crippen LogP contribution in [-0.4, -0.2) is 32.9 Å². The minimum atomic E-state index is -3.35. The first-order valence-electron chi connectivity index (χ1n) is 3.46. The van der Waals surface area contributed by atoms with Gasteiger partial charge in [0.25, 0.3) is 0 Å². The molecule has 1 fully saturated rings. The molecule has 0 aromatic rings. The third kappa shape index (κ3) is 2.13. The zero-order chi connectivity index (χ0) is 8.32. The molecule has 0 bridgehead atoms. The predicted molar refractivity (Wildman–Crippen MR) is 39.9 cm³/mol. The molecule has 1 aliphatic heterocycles. The Morgan fingerprint density at radius 3 is 2.36 bits per heavy atom. The summed E-state index contributed by atoms with van der Waals surface area (Å²) in [5, 5.41) is 0. The summed E-state index contributed by atoms with van der Waals surface area (Å²) in [6.07, 6.45) is 1.87. The van der Waals surface area contributed by atoms with Crippen LogP contribution in [0.1, 0.15) is 12.8 Å². The zero-order valence-electron chi connectivity index (χ0n) is 6.41. The van der Waals surface area contributed by atoms with Crippen molar-refractivity contribution in [2.75, 3.05) is 20.2 Å². The average molecular weight is 180 g/mol. The van der Waals surface area contributed by atoms with Gasteiger partial charge in [0.1, 0.15) is 0 Å². The molecular weight excluding hydrogens is 168 g/mol. The quantitative estimate of drug-likeness (QED) is 0.594. The molecule has 1 rings (SSSR count). The van der Waals surface area contributed by atoms with Gasteiger partial charge in [-0.3, -0.25) is 4.84 Å². The summed E-state index contributed by atoms with van der Waals surface area (Å²) in [6, 6.07) is 0. The molecule has 6 heteroatoms. The Labute approximate surface area is 66.5 Å². The highest BCUT2D eigenvalue weighted by atomic mass is 32.2. The van der Waals surface area contributed by atoms with Gasteiger partial charge in [-0.05, 0) is 12.8 Å². The van der Waals surface area contributed by atoms with Gasteiger partial charge in [0.05, 0.1) is 7.11 Å². The molecule has 0 radical (unpaired) electrons. The van der Waals surface area contributed by atoms with E-state index in [9.17, 15) is 8.42 Å². The van der Waals surface area contributed by atoms with E-state index in [-0.39, 0.29) is 0 Å². The van der Waals surface area contributed by atoms with E-state index in [4.69, 9.17) is 0 Å². The topological polar surface area (TPSA) is 58.6 Å². The van der Waals surface area contributed by atoms with E-state index in [1.54, 1.807) is 0 Å². The minimum absolute atomic E-state index is 0.596. The highest BCUT2D eigenvalue weighted by Crippen LogP contribution is 2.10. The van der Waals surface area contributed by atoms with Gasteiger partial charge in [-0.2, -0.15) is 12.7 Å². The van der Waals surface area contributed by atoms with Crippen molar-refractivity contribution >= 4 is 10.2 Å². The third-order valence-electron chi connectivity index (χ3n) is 1.59. The van der Waals surface area contributed by atoms with Gasteiger partial charge >= 0.3 is 10.2 Å². The van der Waals surface area contributed by atoms with Crippen LogP contribution in [0.2, 0.25) is 0 Å². The lowest BCUT2D eigenvalue weighted by molar-refractivity contribution is 0.147. The number of nitrogens with zero attached hydrogens (tertiary/aromatic N) is 1. The van der Waals surface area contributed by atoms with E-state index in [0.29, 0.717) is 13.1 Å². The second kappa shape index (κ2) is 3.48. The first-order valence-corrected chi connectivity index (χ1v) is 4.90. The summed E-state index contributed by atoms with van der Waals surface area (Å²) in [6.45, 7) is 1.19. The van der Waals surface area contributed by atoms with Crippen LogP contribution in [0.15, 0.2) is 0 Å². The molecule has 0 aliphatic carbocycles. The standard InChI is InChI=1S/C5H12N2O3S/c1-10-6-11(8,9)7-4-2-3-5-7/h6H,2-5H2,1H3. The second-order valence-electron chi connectivity index (χ2n) is 2.40. The normalized spacial score (nSPS) is 20.8. The Bertz CT molecular complexity index is 208. The molecule has 1 aliphatic rings. The molecule has 66 valence electrons. The highest BCUT2D eigenvalue weighted by Gasteiger charge is 2.24. The molecule has 0 saturated carbocycles. The summed E-state index contributed by atoms with van der Waals surface area (Å²) in [7, 11) is -2.06. The summed E-state index contributed by atoms with van der Waals surface area (Å²) < 4.78 is 23.6. The van der Waals surface area contributed by atoms with Crippen molar-refractivity contribution in [2.24, 2.45) is 0 Å². The fraction of sp³-hybridized carbons (Fsp3) is 1.00. The van der Waals surface area contributed by atoms with Crippen molar-refractivity contribution in [1.82, 2.24) is 9.19 Å². The monoisotopic (exact) mass is 180 g/mol. The van der Waals surface area contributed by atoms with E-state index in [1.807, 2.05) is 4.89 Å². The van der Waals surface area contributed by atoms with Crippen molar-refractivity contribution in [3.8, 4) is 0 Å². The Hall–Kier alpha value is -0.170. The van der Waals surface area contributed by atoms with E-state index in [0.717, 1.165) is 12.8 Å². The van der Waals surface area contributed by atoms with Gasteiger partial charge in [0.15, 0.2) is 0 Å².